The number of rotatable bonds is 6. The van der Waals surface area contributed by atoms with Crippen molar-refractivity contribution in [2.75, 3.05) is 10.2 Å². The predicted molar refractivity (Wildman–Crippen MR) is 106 cm³/mol. The lowest BCUT2D eigenvalue weighted by Gasteiger charge is -2.29. The van der Waals surface area contributed by atoms with Crippen molar-refractivity contribution in [3.63, 3.8) is 0 Å². The number of halogens is 3. The van der Waals surface area contributed by atoms with Crippen LogP contribution in [0.1, 0.15) is 32.1 Å². The van der Waals surface area contributed by atoms with Crippen molar-refractivity contribution in [2.24, 2.45) is 11.0 Å². The van der Waals surface area contributed by atoms with Crippen LogP contribution in [-0.2, 0) is 14.3 Å². The summed E-state index contributed by atoms with van der Waals surface area (Å²) in [6.45, 7) is 3.19. The van der Waals surface area contributed by atoms with Crippen molar-refractivity contribution in [2.45, 2.75) is 44.4 Å². The zero-order valence-corrected chi connectivity index (χ0v) is 17.7. The van der Waals surface area contributed by atoms with Crippen LogP contribution in [0.5, 0.6) is 0 Å². The van der Waals surface area contributed by atoms with Gasteiger partial charge in [-0.15, -0.1) is 5.10 Å². The second kappa shape index (κ2) is 8.24. The Labute approximate surface area is 177 Å². The van der Waals surface area contributed by atoms with Crippen molar-refractivity contribution in [1.82, 2.24) is 14.6 Å². The Balaban J connectivity index is 2.09. The fraction of sp³-hybridized carbons (Fsp3) is 0.562. The first-order valence-corrected chi connectivity index (χ1v) is 10.2. The lowest BCUT2D eigenvalue weighted by Crippen LogP contribution is -2.44. The Morgan fingerprint density at radius 2 is 2.31 bits per heavy atom. The van der Waals surface area contributed by atoms with Gasteiger partial charge in [-0.2, -0.15) is 9.37 Å². The van der Waals surface area contributed by atoms with Gasteiger partial charge in [-0.25, -0.2) is 8.91 Å². The first-order valence-electron chi connectivity index (χ1n) is 8.69. The molecule has 2 aromatic heterocycles. The van der Waals surface area contributed by atoms with E-state index < -0.39 is 42.1 Å². The summed E-state index contributed by atoms with van der Waals surface area (Å²) in [5.74, 6) is -1.32. The van der Waals surface area contributed by atoms with E-state index in [1.54, 1.807) is 13.8 Å². The van der Waals surface area contributed by atoms with Crippen molar-refractivity contribution in [3.8, 4) is 0 Å². The molecular weight excluding hydrogens is 503 g/mol. The number of nitrogens with two attached hydrogens (primary N) is 1. The average molecular weight is 521 g/mol. The van der Waals surface area contributed by atoms with E-state index in [4.69, 9.17) is 20.7 Å². The van der Waals surface area contributed by atoms with E-state index in [1.165, 1.54) is 12.1 Å². The number of anilines is 1. The van der Waals surface area contributed by atoms with Gasteiger partial charge in [-0.3, -0.25) is 4.79 Å². The van der Waals surface area contributed by atoms with Crippen LogP contribution >= 0.6 is 22.6 Å². The number of aromatic nitrogens is 3. The van der Waals surface area contributed by atoms with Crippen LogP contribution in [0.3, 0.4) is 0 Å². The van der Waals surface area contributed by atoms with E-state index >= 15 is 4.39 Å². The van der Waals surface area contributed by atoms with E-state index in [-0.39, 0.29) is 23.4 Å². The minimum atomic E-state index is -1.90. The fourth-order valence-corrected chi connectivity index (χ4v) is 3.94. The molecule has 0 unspecified atom stereocenters. The maximum atomic E-state index is 15.5. The number of carbonyl (C=O) groups is 1. The Morgan fingerprint density at radius 3 is 2.93 bits per heavy atom. The summed E-state index contributed by atoms with van der Waals surface area (Å²) < 4.78 is 41.9. The third kappa shape index (κ3) is 3.81. The van der Waals surface area contributed by atoms with Gasteiger partial charge in [0.2, 0.25) is 0 Å². The van der Waals surface area contributed by atoms with Crippen molar-refractivity contribution < 1.29 is 23.0 Å². The molecule has 0 spiro atoms. The minimum absolute atomic E-state index is 0.0966. The summed E-state index contributed by atoms with van der Waals surface area (Å²) in [5.41, 5.74) is 13.4. The highest BCUT2D eigenvalue weighted by Gasteiger charge is 2.58. The number of azide groups is 1. The van der Waals surface area contributed by atoms with Crippen molar-refractivity contribution in [1.29, 1.82) is 0 Å². The molecule has 3 rings (SSSR count). The first kappa shape index (κ1) is 21.5. The van der Waals surface area contributed by atoms with Gasteiger partial charge in [0.1, 0.15) is 11.6 Å². The SMILES string of the molecule is CC(C)C(=O)O[C@H]1[C@@H](F)[C@H](c2ccc3c(N)nc(F)nn23)O[C@@]1(CCI)N=[N+]=[N-]. The molecule has 2 aromatic rings. The van der Waals surface area contributed by atoms with Crippen LogP contribution in [0.25, 0.3) is 16.0 Å². The Kier molecular flexibility index (Phi) is 6.10. The van der Waals surface area contributed by atoms with E-state index in [1.807, 2.05) is 22.6 Å². The average Bonchev–Trinajstić information content (AvgIpc) is 3.17. The molecule has 0 saturated carbocycles. The largest absolute Gasteiger partial charge is 0.456 e. The number of alkyl halides is 2. The molecule has 1 aliphatic heterocycles. The normalized spacial score (nSPS) is 26.6. The quantitative estimate of drug-likeness (QED) is 0.155. The standard InChI is InChI=1S/C16H18F2IN7O3/c1-7(2)14(27)28-12-10(17)11(29-16(12,5-6-19)24-25-21)8-3-4-9-13(20)22-15(18)23-26(8)9/h3-4,7,10-12H,5-6H2,1-2H3,(H2,20,22,23)/t10-,11-,12-,16+/m0/s1. The monoisotopic (exact) mass is 521 g/mol. The summed E-state index contributed by atoms with van der Waals surface area (Å²) in [6.07, 6.45) is -5.73. The summed E-state index contributed by atoms with van der Waals surface area (Å²) >= 11 is 2.02. The van der Waals surface area contributed by atoms with Gasteiger partial charge < -0.3 is 15.2 Å². The van der Waals surface area contributed by atoms with Gasteiger partial charge in [0.05, 0.1) is 11.6 Å². The molecule has 0 amide bonds. The molecule has 0 bridgehead atoms. The van der Waals surface area contributed by atoms with Gasteiger partial charge in [-0.1, -0.05) is 41.6 Å². The molecule has 156 valence electrons. The lowest BCUT2D eigenvalue weighted by molar-refractivity contribution is -0.165. The second-order valence-corrected chi connectivity index (χ2v) is 7.87. The zero-order valence-electron chi connectivity index (χ0n) is 15.5. The highest BCUT2D eigenvalue weighted by molar-refractivity contribution is 14.1. The molecular formula is C16H18F2IN7O3. The molecule has 0 aromatic carbocycles. The number of hydrogen-bond acceptors (Lipinski definition) is 7. The van der Waals surface area contributed by atoms with Crippen LogP contribution < -0.4 is 5.73 Å². The number of fused-ring (bicyclic) bond motifs is 1. The van der Waals surface area contributed by atoms with Crippen LogP contribution in [-0.4, -0.2) is 43.0 Å². The Morgan fingerprint density at radius 1 is 1.59 bits per heavy atom. The van der Waals surface area contributed by atoms with Crippen LogP contribution in [0.4, 0.5) is 14.6 Å². The molecule has 4 atom stereocenters. The highest BCUT2D eigenvalue weighted by atomic mass is 127. The van der Waals surface area contributed by atoms with Crippen molar-refractivity contribution >= 4 is 39.9 Å². The van der Waals surface area contributed by atoms with E-state index in [2.05, 4.69) is 20.1 Å². The molecule has 29 heavy (non-hydrogen) atoms. The summed E-state index contributed by atoms with van der Waals surface area (Å²) in [6, 6.07) is 2.94. The van der Waals surface area contributed by atoms with Gasteiger partial charge in [0, 0.05) is 9.34 Å². The number of hydrogen-bond donors (Lipinski definition) is 1. The molecule has 0 aliphatic carbocycles. The van der Waals surface area contributed by atoms with Gasteiger partial charge in [-0.05, 0) is 24.1 Å². The Hall–Kier alpha value is -2.25. The molecule has 1 fully saturated rings. The van der Waals surface area contributed by atoms with Gasteiger partial charge >= 0.3 is 12.0 Å². The fourth-order valence-electron chi connectivity index (χ4n) is 3.17. The zero-order chi connectivity index (χ0) is 21.3. The highest BCUT2D eigenvalue weighted by Crippen LogP contribution is 2.47. The van der Waals surface area contributed by atoms with E-state index in [9.17, 15) is 9.18 Å². The maximum Gasteiger partial charge on any atom is 0.327 e. The molecule has 1 aliphatic rings. The maximum absolute atomic E-state index is 15.5. The molecule has 13 heteroatoms. The minimum Gasteiger partial charge on any atom is -0.456 e. The topological polar surface area (TPSA) is 141 Å². The molecule has 10 nitrogen and oxygen atoms in total. The molecule has 0 radical (unpaired) electrons. The van der Waals surface area contributed by atoms with Crippen LogP contribution in [0.2, 0.25) is 0 Å². The van der Waals surface area contributed by atoms with Crippen LogP contribution in [0.15, 0.2) is 17.2 Å². The number of ether oxygens (including phenoxy) is 2. The molecule has 1 saturated heterocycles. The van der Waals surface area contributed by atoms with Crippen molar-refractivity contribution in [3.05, 3.63) is 34.3 Å². The first-order chi connectivity index (χ1) is 13.7. The van der Waals surface area contributed by atoms with Gasteiger partial charge in [0.15, 0.2) is 23.8 Å². The number of nitrogen functional groups attached to an aromatic ring is 1. The summed E-state index contributed by atoms with van der Waals surface area (Å²) in [5, 5.41) is 7.29. The third-order valence-electron chi connectivity index (χ3n) is 4.57. The third-order valence-corrected chi connectivity index (χ3v) is 5.11. The number of carbonyl (C=O) groups excluding carboxylic acids is 1. The Bertz CT molecular complexity index is 981. The van der Waals surface area contributed by atoms with E-state index in [0.717, 1.165) is 4.52 Å². The lowest BCUT2D eigenvalue weighted by atomic mass is 10.0. The second-order valence-electron chi connectivity index (χ2n) is 6.79. The smallest absolute Gasteiger partial charge is 0.327 e. The predicted octanol–water partition coefficient (Wildman–Crippen LogP) is 3.26. The number of nitrogens with zero attached hydrogens (tertiary/aromatic N) is 6. The molecule has 3 heterocycles. The van der Waals surface area contributed by atoms with E-state index in [0.29, 0.717) is 4.43 Å². The molecule has 2 N–H and O–H groups in total. The summed E-state index contributed by atoms with van der Waals surface area (Å²) in [7, 11) is 0. The van der Waals surface area contributed by atoms with Gasteiger partial charge in [0.25, 0.3) is 0 Å². The van der Waals surface area contributed by atoms with Crippen LogP contribution in [0, 0.1) is 12.0 Å². The summed E-state index contributed by atoms with van der Waals surface area (Å²) in [4.78, 5) is 18.4. The number of esters is 1.